The highest BCUT2D eigenvalue weighted by Gasteiger charge is 2.30. The minimum atomic E-state index is -4.39. The van der Waals surface area contributed by atoms with Crippen molar-refractivity contribution in [2.24, 2.45) is 5.41 Å². The summed E-state index contributed by atoms with van der Waals surface area (Å²) in [5, 5.41) is 2.32. The summed E-state index contributed by atoms with van der Waals surface area (Å²) in [6.45, 7) is 5.54. The Morgan fingerprint density at radius 1 is 1.00 bits per heavy atom. The van der Waals surface area contributed by atoms with Gasteiger partial charge in [-0.15, -0.1) is 11.3 Å². The molecule has 8 heteroatoms. The maximum Gasteiger partial charge on any atom is 0.416 e. The van der Waals surface area contributed by atoms with Gasteiger partial charge in [-0.05, 0) is 36.4 Å². The molecule has 0 radical (unpaired) electrons. The predicted molar refractivity (Wildman–Crippen MR) is 110 cm³/mol. The van der Waals surface area contributed by atoms with Gasteiger partial charge in [0.05, 0.1) is 17.8 Å². The highest BCUT2D eigenvalue weighted by Crippen LogP contribution is 2.32. The Morgan fingerprint density at radius 3 is 2.13 bits per heavy atom. The van der Waals surface area contributed by atoms with Crippen molar-refractivity contribution in [3.8, 4) is 10.6 Å². The largest absolute Gasteiger partial charge is 0.416 e. The molecule has 1 aromatic heterocycles. The van der Waals surface area contributed by atoms with Crippen LogP contribution in [-0.4, -0.2) is 10.9 Å². The summed E-state index contributed by atoms with van der Waals surface area (Å²) in [4.78, 5) is 19.0. The van der Waals surface area contributed by atoms with Crippen LogP contribution < -0.4 is 4.90 Å². The molecule has 0 bridgehead atoms. The number of halogens is 4. The molecule has 0 spiro atoms. The summed E-state index contributed by atoms with van der Waals surface area (Å²) in [6.07, 6.45) is -4.39. The number of aromatic nitrogens is 1. The lowest BCUT2D eigenvalue weighted by Crippen LogP contribution is -2.39. The van der Waals surface area contributed by atoms with Gasteiger partial charge in [-0.25, -0.2) is 9.37 Å². The number of carbonyl (C=O) groups is 1. The minimum Gasteiger partial charge on any atom is -0.306 e. The lowest BCUT2D eigenvalue weighted by Gasteiger charge is -2.29. The maximum atomic E-state index is 13.3. The molecule has 2 aromatic carbocycles. The zero-order valence-corrected chi connectivity index (χ0v) is 17.4. The van der Waals surface area contributed by atoms with Crippen molar-refractivity contribution in [1.29, 1.82) is 0 Å². The fourth-order valence-electron chi connectivity index (χ4n) is 2.78. The summed E-state index contributed by atoms with van der Waals surface area (Å²) >= 11 is 1.28. The Balaban J connectivity index is 1.87. The van der Waals surface area contributed by atoms with E-state index in [0.29, 0.717) is 22.0 Å². The molecule has 1 amide bonds. The Kier molecular flexibility index (Phi) is 5.99. The summed E-state index contributed by atoms with van der Waals surface area (Å²) in [5.41, 5.74) is 0.314. The standard InChI is InChI=1S/C22H20F4N2OS/c1-21(2,3)20(29)28(18-10-8-16(23)9-11-18)12-17-13-30-19(27-17)14-4-6-15(7-5-14)22(24,25)26/h4-11,13H,12H2,1-3H3. The van der Waals surface area contributed by atoms with Gasteiger partial charge in [-0.1, -0.05) is 32.9 Å². The van der Waals surface area contributed by atoms with E-state index in [2.05, 4.69) is 4.98 Å². The van der Waals surface area contributed by atoms with Gasteiger partial charge in [0, 0.05) is 22.0 Å². The van der Waals surface area contributed by atoms with Crippen molar-refractivity contribution < 1.29 is 22.4 Å². The topological polar surface area (TPSA) is 33.2 Å². The average Bonchev–Trinajstić information content (AvgIpc) is 3.14. The molecule has 0 aliphatic rings. The quantitative estimate of drug-likeness (QED) is 0.435. The summed E-state index contributed by atoms with van der Waals surface area (Å²) in [6, 6.07) is 10.4. The van der Waals surface area contributed by atoms with Crippen LogP contribution in [0.3, 0.4) is 0 Å². The molecular weight excluding hydrogens is 416 g/mol. The van der Waals surface area contributed by atoms with E-state index in [1.54, 1.807) is 26.2 Å². The lowest BCUT2D eigenvalue weighted by atomic mass is 9.94. The molecule has 0 atom stereocenters. The first-order chi connectivity index (χ1) is 13.9. The molecule has 0 saturated carbocycles. The smallest absolute Gasteiger partial charge is 0.306 e. The normalized spacial score (nSPS) is 12.1. The van der Waals surface area contributed by atoms with Crippen LogP contribution >= 0.6 is 11.3 Å². The number of anilines is 1. The molecule has 0 fully saturated rings. The molecule has 3 rings (SSSR count). The fourth-order valence-corrected chi connectivity index (χ4v) is 3.60. The zero-order chi connectivity index (χ0) is 22.1. The van der Waals surface area contributed by atoms with Crippen molar-refractivity contribution >= 4 is 22.9 Å². The van der Waals surface area contributed by atoms with Gasteiger partial charge in [0.1, 0.15) is 10.8 Å². The van der Waals surface area contributed by atoms with Crippen LogP contribution in [0.5, 0.6) is 0 Å². The third kappa shape index (κ3) is 5.05. The van der Waals surface area contributed by atoms with E-state index in [1.807, 2.05) is 0 Å². The van der Waals surface area contributed by atoms with Gasteiger partial charge >= 0.3 is 6.18 Å². The Bertz CT molecular complexity index is 1020. The lowest BCUT2D eigenvalue weighted by molar-refractivity contribution is -0.137. The van der Waals surface area contributed by atoms with Crippen LogP contribution in [0.15, 0.2) is 53.9 Å². The van der Waals surface area contributed by atoms with Crippen LogP contribution in [0.1, 0.15) is 32.0 Å². The highest BCUT2D eigenvalue weighted by atomic mass is 32.1. The number of hydrogen-bond acceptors (Lipinski definition) is 3. The first-order valence-corrected chi connectivity index (χ1v) is 10.0. The summed E-state index contributed by atoms with van der Waals surface area (Å²) in [5.74, 6) is -0.557. The van der Waals surface area contributed by atoms with Crippen molar-refractivity contribution in [2.75, 3.05) is 4.90 Å². The number of hydrogen-bond donors (Lipinski definition) is 0. The molecule has 0 N–H and O–H groups in total. The van der Waals surface area contributed by atoms with E-state index < -0.39 is 23.0 Å². The molecule has 0 saturated heterocycles. The summed E-state index contributed by atoms with van der Waals surface area (Å²) < 4.78 is 51.6. The molecule has 0 aliphatic heterocycles. The minimum absolute atomic E-state index is 0.154. The second kappa shape index (κ2) is 8.18. The molecule has 1 heterocycles. The van der Waals surface area contributed by atoms with Gasteiger partial charge in [-0.2, -0.15) is 13.2 Å². The molecule has 3 nitrogen and oxygen atoms in total. The van der Waals surface area contributed by atoms with Crippen molar-refractivity contribution in [3.63, 3.8) is 0 Å². The number of alkyl halides is 3. The van der Waals surface area contributed by atoms with Crippen molar-refractivity contribution in [1.82, 2.24) is 4.98 Å². The van der Waals surface area contributed by atoms with Gasteiger partial charge in [-0.3, -0.25) is 4.79 Å². The van der Waals surface area contributed by atoms with Gasteiger partial charge in [0.15, 0.2) is 0 Å². The van der Waals surface area contributed by atoms with Crippen LogP contribution in [0.4, 0.5) is 23.2 Å². The van der Waals surface area contributed by atoms with Gasteiger partial charge in [0.25, 0.3) is 0 Å². The van der Waals surface area contributed by atoms with Crippen LogP contribution in [0.2, 0.25) is 0 Å². The molecule has 0 aliphatic carbocycles. The van der Waals surface area contributed by atoms with E-state index >= 15 is 0 Å². The predicted octanol–water partition coefficient (Wildman–Crippen LogP) is 6.55. The van der Waals surface area contributed by atoms with E-state index in [4.69, 9.17) is 0 Å². The Hall–Kier alpha value is -2.74. The van der Waals surface area contributed by atoms with Crippen molar-refractivity contribution in [3.05, 3.63) is 71.0 Å². The van der Waals surface area contributed by atoms with Crippen LogP contribution in [0.25, 0.3) is 10.6 Å². The number of nitrogens with zero attached hydrogens (tertiary/aromatic N) is 2. The number of carbonyl (C=O) groups excluding carboxylic acids is 1. The maximum absolute atomic E-state index is 13.3. The van der Waals surface area contributed by atoms with Crippen LogP contribution in [0, 0.1) is 11.2 Å². The van der Waals surface area contributed by atoms with Crippen molar-refractivity contribution in [2.45, 2.75) is 33.5 Å². The summed E-state index contributed by atoms with van der Waals surface area (Å²) in [7, 11) is 0. The van der Waals surface area contributed by atoms with Gasteiger partial charge < -0.3 is 4.90 Å². The number of amides is 1. The van der Waals surface area contributed by atoms with E-state index in [1.165, 1.54) is 52.6 Å². The third-order valence-electron chi connectivity index (χ3n) is 4.36. The van der Waals surface area contributed by atoms with E-state index in [0.717, 1.165) is 12.1 Å². The van der Waals surface area contributed by atoms with E-state index in [-0.39, 0.29) is 12.5 Å². The Morgan fingerprint density at radius 2 is 1.60 bits per heavy atom. The monoisotopic (exact) mass is 436 g/mol. The molecule has 158 valence electrons. The first-order valence-electron chi connectivity index (χ1n) is 9.15. The number of rotatable bonds is 4. The van der Waals surface area contributed by atoms with E-state index in [9.17, 15) is 22.4 Å². The molecule has 30 heavy (non-hydrogen) atoms. The third-order valence-corrected chi connectivity index (χ3v) is 5.30. The fraction of sp³-hybridized carbons (Fsp3) is 0.273. The van der Waals surface area contributed by atoms with Gasteiger partial charge in [0.2, 0.25) is 5.91 Å². The second-order valence-corrected chi connectivity index (χ2v) is 8.69. The molecular formula is C22H20F4N2OS. The number of benzene rings is 2. The SMILES string of the molecule is CC(C)(C)C(=O)N(Cc1csc(-c2ccc(C(F)(F)F)cc2)n1)c1ccc(F)cc1. The van der Waals surface area contributed by atoms with Crippen LogP contribution in [-0.2, 0) is 17.5 Å². The molecule has 0 unspecified atom stereocenters. The average molecular weight is 436 g/mol. The second-order valence-electron chi connectivity index (χ2n) is 7.84. The first kappa shape index (κ1) is 22.0. The Labute approximate surface area is 176 Å². The zero-order valence-electron chi connectivity index (χ0n) is 16.6. The molecule has 3 aromatic rings. The highest BCUT2D eigenvalue weighted by molar-refractivity contribution is 7.13. The number of thiazole rings is 1.